The molecule has 2 rings (SSSR count). The van der Waals surface area contributed by atoms with Gasteiger partial charge in [0.05, 0.1) is 18.8 Å². The molecule has 19 heavy (non-hydrogen) atoms. The Hall–Kier alpha value is -1.06. The fraction of sp³-hybridized carbons (Fsp3) is 0.625. The Morgan fingerprint density at radius 1 is 1.32 bits per heavy atom. The molecule has 1 N–H and O–H groups in total. The number of benzene rings is 1. The molecule has 1 heterocycles. The second-order valence-electron chi connectivity index (χ2n) is 5.28. The number of ether oxygens (including phenoxy) is 2. The van der Waals surface area contributed by atoms with E-state index in [0.29, 0.717) is 24.9 Å². The summed E-state index contributed by atoms with van der Waals surface area (Å²) in [5.41, 5.74) is 1.29. The topological polar surface area (TPSA) is 30.5 Å². The highest BCUT2D eigenvalue weighted by atomic mass is 16.5. The highest BCUT2D eigenvalue weighted by molar-refractivity contribution is 5.28. The van der Waals surface area contributed by atoms with Gasteiger partial charge < -0.3 is 14.8 Å². The van der Waals surface area contributed by atoms with E-state index >= 15 is 0 Å². The first-order valence-electron chi connectivity index (χ1n) is 7.30. The lowest BCUT2D eigenvalue weighted by Gasteiger charge is -2.18. The largest absolute Gasteiger partial charge is 0.494 e. The molecule has 0 aliphatic carbocycles. The molecule has 0 saturated carbocycles. The van der Waals surface area contributed by atoms with Crippen molar-refractivity contribution < 1.29 is 9.47 Å². The van der Waals surface area contributed by atoms with Gasteiger partial charge in [-0.1, -0.05) is 12.1 Å². The van der Waals surface area contributed by atoms with Crippen molar-refractivity contribution >= 4 is 0 Å². The molecule has 1 aromatic carbocycles. The van der Waals surface area contributed by atoms with E-state index in [1.54, 1.807) is 0 Å². The van der Waals surface area contributed by atoms with E-state index in [0.717, 1.165) is 12.3 Å². The summed E-state index contributed by atoms with van der Waals surface area (Å²) in [5.74, 6) is 0.936. The van der Waals surface area contributed by atoms with Crippen LogP contribution in [-0.2, 0) is 4.74 Å². The molecule has 3 heteroatoms. The van der Waals surface area contributed by atoms with Crippen LogP contribution in [0, 0.1) is 0 Å². The minimum absolute atomic E-state index is 0.343. The van der Waals surface area contributed by atoms with E-state index in [2.05, 4.69) is 31.3 Å². The van der Waals surface area contributed by atoms with E-state index in [1.165, 1.54) is 18.4 Å². The van der Waals surface area contributed by atoms with Crippen molar-refractivity contribution in [3.63, 3.8) is 0 Å². The standard InChI is InChI=1S/C16H25NO2/c1-4-18-15-9-6-14(7-10-15)13(3)17-11-16-8-5-12(2)19-16/h6-7,9-10,12-13,16-17H,4-5,8,11H2,1-3H3. The van der Waals surface area contributed by atoms with Crippen molar-refractivity contribution in [3.8, 4) is 5.75 Å². The molecule has 1 aromatic rings. The van der Waals surface area contributed by atoms with E-state index in [1.807, 2.05) is 19.1 Å². The zero-order chi connectivity index (χ0) is 13.7. The molecule has 0 radical (unpaired) electrons. The van der Waals surface area contributed by atoms with Crippen molar-refractivity contribution in [2.45, 2.75) is 51.9 Å². The lowest BCUT2D eigenvalue weighted by molar-refractivity contribution is 0.0546. The van der Waals surface area contributed by atoms with Gasteiger partial charge in [0.2, 0.25) is 0 Å². The maximum Gasteiger partial charge on any atom is 0.119 e. The minimum Gasteiger partial charge on any atom is -0.494 e. The highest BCUT2D eigenvalue weighted by Crippen LogP contribution is 2.21. The van der Waals surface area contributed by atoms with Crippen LogP contribution in [0.25, 0.3) is 0 Å². The third-order valence-corrected chi connectivity index (χ3v) is 3.66. The lowest BCUT2D eigenvalue weighted by atomic mass is 10.1. The summed E-state index contributed by atoms with van der Waals surface area (Å²) in [5, 5.41) is 3.55. The molecule has 0 spiro atoms. The molecule has 3 unspecified atom stereocenters. The molecule has 3 nitrogen and oxygen atoms in total. The van der Waals surface area contributed by atoms with Gasteiger partial charge in [0.1, 0.15) is 5.75 Å². The molecule has 0 bridgehead atoms. The molecule has 0 amide bonds. The zero-order valence-corrected chi connectivity index (χ0v) is 12.2. The normalized spacial score (nSPS) is 24.4. The highest BCUT2D eigenvalue weighted by Gasteiger charge is 2.21. The minimum atomic E-state index is 0.343. The lowest BCUT2D eigenvalue weighted by Crippen LogP contribution is -2.29. The first-order chi connectivity index (χ1) is 9.19. The van der Waals surface area contributed by atoms with Gasteiger partial charge in [-0.25, -0.2) is 0 Å². The van der Waals surface area contributed by atoms with Gasteiger partial charge in [-0.15, -0.1) is 0 Å². The van der Waals surface area contributed by atoms with Crippen molar-refractivity contribution in [1.82, 2.24) is 5.32 Å². The van der Waals surface area contributed by atoms with Gasteiger partial charge in [-0.3, -0.25) is 0 Å². The average molecular weight is 263 g/mol. The Labute approximate surface area is 116 Å². The summed E-state index contributed by atoms with van der Waals surface area (Å²) >= 11 is 0. The average Bonchev–Trinajstić information content (AvgIpc) is 2.83. The number of rotatable bonds is 6. The van der Waals surface area contributed by atoms with Gasteiger partial charge in [-0.2, -0.15) is 0 Å². The fourth-order valence-corrected chi connectivity index (χ4v) is 2.48. The second kappa shape index (κ2) is 6.92. The summed E-state index contributed by atoms with van der Waals surface area (Å²) in [6.45, 7) is 7.98. The van der Waals surface area contributed by atoms with Crippen LogP contribution in [0.4, 0.5) is 0 Å². The van der Waals surface area contributed by atoms with Crippen LogP contribution in [0.15, 0.2) is 24.3 Å². The van der Waals surface area contributed by atoms with Gasteiger partial charge >= 0.3 is 0 Å². The molecule has 106 valence electrons. The van der Waals surface area contributed by atoms with Crippen LogP contribution >= 0.6 is 0 Å². The van der Waals surface area contributed by atoms with Crippen molar-refractivity contribution in [2.24, 2.45) is 0 Å². The zero-order valence-electron chi connectivity index (χ0n) is 12.2. The molecular formula is C16H25NO2. The molecule has 1 aliphatic heterocycles. The number of hydrogen-bond acceptors (Lipinski definition) is 3. The number of nitrogens with one attached hydrogen (secondary N) is 1. The predicted octanol–water partition coefficient (Wildman–Crippen LogP) is 3.30. The molecule has 1 aliphatic rings. The van der Waals surface area contributed by atoms with Crippen LogP contribution < -0.4 is 10.1 Å². The Morgan fingerprint density at radius 2 is 2.05 bits per heavy atom. The Morgan fingerprint density at radius 3 is 2.63 bits per heavy atom. The first-order valence-corrected chi connectivity index (χ1v) is 7.30. The van der Waals surface area contributed by atoms with E-state index < -0.39 is 0 Å². The smallest absolute Gasteiger partial charge is 0.119 e. The maximum atomic E-state index is 5.82. The van der Waals surface area contributed by atoms with Crippen molar-refractivity contribution in [2.75, 3.05) is 13.2 Å². The van der Waals surface area contributed by atoms with E-state index in [4.69, 9.17) is 9.47 Å². The summed E-state index contributed by atoms with van der Waals surface area (Å²) in [4.78, 5) is 0. The van der Waals surface area contributed by atoms with Crippen LogP contribution in [0.5, 0.6) is 5.75 Å². The second-order valence-corrected chi connectivity index (χ2v) is 5.28. The monoisotopic (exact) mass is 263 g/mol. The maximum absolute atomic E-state index is 5.82. The quantitative estimate of drug-likeness (QED) is 0.854. The fourth-order valence-electron chi connectivity index (χ4n) is 2.48. The molecule has 1 fully saturated rings. The summed E-state index contributed by atoms with van der Waals surface area (Å²) < 4.78 is 11.3. The molecular weight excluding hydrogens is 238 g/mol. The molecule has 3 atom stereocenters. The van der Waals surface area contributed by atoms with E-state index in [9.17, 15) is 0 Å². The Balaban J connectivity index is 1.80. The van der Waals surface area contributed by atoms with Crippen LogP contribution in [0.2, 0.25) is 0 Å². The summed E-state index contributed by atoms with van der Waals surface area (Å²) in [6.07, 6.45) is 3.15. The van der Waals surface area contributed by atoms with E-state index in [-0.39, 0.29) is 0 Å². The third kappa shape index (κ3) is 4.22. The molecule has 0 aromatic heterocycles. The SMILES string of the molecule is CCOc1ccc(C(C)NCC2CCC(C)O2)cc1. The third-order valence-electron chi connectivity index (χ3n) is 3.66. The van der Waals surface area contributed by atoms with Gasteiger partial charge in [-0.05, 0) is 51.3 Å². The molecule has 1 saturated heterocycles. The van der Waals surface area contributed by atoms with Gasteiger partial charge in [0, 0.05) is 12.6 Å². The summed E-state index contributed by atoms with van der Waals surface area (Å²) in [6, 6.07) is 8.66. The van der Waals surface area contributed by atoms with Crippen LogP contribution in [0.1, 0.15) is 45.2 Å². The summed E-state index contributed by atoms with van der Waals surface area (Å²) in [7, 11) is 0. The Bertz CT molecular complexity index is 377. The predicted molar refractivity (Wildman–Crippen MR) is 77.6 cm³/mol. The first kappa shape index (κ1) is 14.4. The number of hydrogen-bond donors (Lipinski definition) is 1. The van der Waals surface area contributed by atoms with Gasteiger partial charge in [0.25, 0.3) is 0 Å². The van der Waals surface area contributed by atoms with Crippen LogP contribution in [-0.4, -0.2) is 25.4 Å². The Kier molecular flexibility index (Phi) is 5.23. The van der Waals surface area contributed by atoms with Crippen molar-refractivity contribution in [3.05, 3.63) is 29.8 Å². The van der Waals surface area contributed by atoms with Crippen LogP contribution in [0.3, 0.4) is 0 Å². The van der Waals surface area contributed by atoms with Gasteiger partial charge in [0.15, 0.2) is 0 Å². The van der Waals surface area contributed by atoms with Crippen molar-refractivity contribution in [1.29, 1.82) is 0 Å².